The van der Waals surface area contributed by atoms with Crippen LogP contribution in [0.4, 0.5) is 5.82 Å². The number of hydrogen-bond donors (Lipinski definition) is 1. The molecule has 1 atom stereocenters. The molecule has 0 aromatic carbocycles. The van der Waals surface area contributed by atoms with Crippen molar-refractivity contribution in [3.63, 3.8) is 0 Å². The maximum absolute atomic E-state index is 10.2. The van der Waals surface area contributed by atoms with Crippen molar-refractivity contribution in [1.29, 1.82) is 0 Å². The molecule has 1 aromatic heterocycles. The predicted molar refractivity (Wildman–Crippen MR) is 45.1 cm³/mol. The molecule has 0 radical (unpaired) electrons. The molecule has 6 nitrogen and oxygen atoms in total. The van der Waals surface area contributed by atoms with Gasteiger partial charge in [0.1, 0.15) is 6.20 Å². The highest BCUT2D eigenvalue weighted by atomic mass is 16.6. The first-order valence-corrected chi connectivity index (χ1v) is 3.90. The van der Waals surface area contributed by atoms with Gasteiger partial charge in [-0.15, -0.1) is 0 Å². The SMILES string of the molecule is CC(CO)Cn1cnc([N+](=O)[O-])c1. The maximum atomic E-state index is 10.2. The number of aliphatic hydroxyl groups excluding tert-OH is 1. The molecule has 6 heteroatoms. The van der Waals surface area contributed by atoms with Crippen molar-refractivity contribution >= 4 is 5.82 Å². The van der Waals surface area contributed by atoms with Crippen molar-refractivity contribution < 1.29 is 10.0 Å². The van der Waals surface area contributed by atoms with Crippen LogP contribution >= 0.6 is 0 Å². The summed E-state index contributed by atoms with van der Waals surface area (Å²) in [5.41, 5.74) is 0. The van der Waals surface area contributed by atoms with Gasteiger partial charge in [-0.3, -0.25) is 0 Å². The molecule has 1 rings (SSSR count). The third kappa shape index (κ3) is 2.51. The molecule has 0 aliphatic rings. The first kappa shape index (κ1) is 9.66. The Morgan fingerprint density at radius 2 is 2.54 bits per heavy atom. The quantitative estimate of drug-likeness (QED) is 0.544. The minimum Gasteiger partial charge on any atom is -0.396 e. The summed E-state index contributed by atoms with van der Waals surface area (Å²) < 4.78 is 1.60. The summed E-state index contributed by atoms with van der Waals surface area (Å²) in [6.45, 7) is 2.45. The summed E-state index contributed by atoms with van der Waals surface area (Å²) in [5.74, 6) is -0.0843. The van der Waals surface area contributed by atoms with E-state index in [1.54, 1.807) is 4.57 Å². The Bertz CT molecular complexity index is 297. The van der Waals surface area contributed by atoms with Gasteiger partial charge in [0.2, 0.25) is 6.33 Å². The van der Waals surface area contributed by atoms with Gasteiger partial charge in [0, 0.05) is 13.2 Å². The highest BCUT2D eigenvalue weighted by Gasteiger charge is 2.10. The molecule has 1 heterocycles. The maximum Gasteiger partial charge on any atom is 0.381 e. The fraction of sp³-hybridized carbons (Fsp3) is 0.571. The molecule has 0 spiro atoms. The van der Waals surface area contributed by atoms with Gasteiger partial charge in [-0.2, -0.15) is 0 Å². The number of imidazole rings is 1. The van der Waals surface area contributed by atoms with E-state index in [9.17, 15) is 10.1 Å². The fourth-order valence-corrected chi connectivity index (χ4v) is 0.960. The third-order valence-electron chi connectivity index (χ3n) is 1.64. The highest BCUT2D eigenvalue weighted by molar-refractivity contribution is 5.12. The van der Waals surface area contributed by atoms with Crippen LogP contribution < -0.4 is 0 Å². The Labute approximate surface area is 75.0 Å². The fourth-order valence-electron chi connectivity index (χ4n) is 0.960. The lowest BCUT2D eigenvalue weighted by molar-refractivity contribution is -0.389. The summed E-state index contributed by atoms with van der Waals surface area (Å²) >= 11 is 0. The second-order valence-corrected chi connectivity index (χ2v) is 2.97. The number of aromatic nitrogens is 2. The number of aliphatic hydroxyl groups is 1. The van der Waals surface area contributed by atoms with Crippen LogP contribution in [0.3, 0.4) is 0 Å². The van der Waals surface area contributed by atoms with Gasteiger partial charge in [0.15, 0.2) is 0 Å². The number of nitrogens with zero attached hydrogens (tertiary/aromatic N) is 3. The molecule has 0 aliphatic carbocycles. The van der Waals surface area contributed by atoms with Crippen molar-refractivity contribution in [2.75, 3.05) is 6.61 Å². The molecular formula is C7H11N3O3. The average Bonchev–Trinajstić information content (AvgIpc) is 2.52. The zero-order chi connectivity index (χ0) is 9.84. The van der Waals surface area contributed by atoms with Crippen molar-refractivity contribution in [2.45, 2.75) is 13.5 Å². The Hall–Kier alpha value is -1.43. The van der Waals surface area contributed by atoms with Gasteiger partial charge >= 0.3 is 5.82 Å². The highest BCUT2D eigenvalue weighted by Crippen LogP contribution is 2.07. The van der Waals surface area contributed by atoms with Gasteiger partial charge in [0.25, 0.3) is 0 Å². The standard InChI is InChI=1S/C7H11N3O3/c1-6(4-11)2-9-3-7(8-5-9)10(12)13/h3,5-6,11H,2,4H2,1H3. The zero-order valence-electron chi connectivity index (χ0n) is 7.25. The van der Waals surface area contributed by atoms with Crippen LogP contribution in [-0.2, 0) is 6.54 Å². The van der Waals surface area contributed by atoms with E-state index in [1.165, 1.54) is 12.5 Å². The minimum absolute atomic E-state index is 0.0615. The molecule has 0 saturated carbocycles. The number of hydrogen-bond acceptors (Lipinski definition) is 4. The van der Waals surface area contributed by atoms with Crippen LogP contribution in [0, 0.1) is 16.0 Å². The van der Waals surface area contributed by atoms with Gasteiger partial charge in [-0.1, -0.05) is 6.92 Å². The first-order valence-electron chi connectivity index (χ1n) is 3.90. The smallest absolute Gasteiger partial charge is 0.381 e. The van der Waals surface area contributed by atoms with E-state index in [0.717, 1.165) is 0 Å². The van der Waals surface area contributed by atoms with Gasteiger partial charge in [-0.05, 0) is 15.8 Å². The van der Waals surface area contributed by atoms with Crippen molar-refractivity contribution in [1.82, 2.24) is 9.55 Å². The van der Waals surface area contributed by atoms with Crippen LogP contribution in [0.15, 0.2) is 12.5 Å². The van der Waals surface area contributed by atoms with Gasteiger partial charge < -0.3 is 19.8 Å². The lowest BCUT2D eigenvalue weighted by Crippen LogP contribution is -2.09. The van der Waals surface area contributed by atoms with Crippen molar-refractivity contribution in [2.24, 2.45) is 5.92 Å². The van der Waals surface area contributed by atoms with Crippen molar-refractivity contribution in [3.8, 4) is 0 Å². The Morgan fingerprint density at radius 1 is 1.85 bits per heavy atom. The molecule has 1 unspecified atom stereocenters. The second-order valence-electron chi connectivity index (χ2n) is 2.97. The van der Waals surface area contributed by atoms with Crippen LogP contribution in [0.5, 0.6) is 0 Å². The molecule has 0 amide bonds. The Balaban J connectivity index is 2.64. The number of rotatable bonds is 4. The Kier molecular flexibility index (Phi) is 2.97. The number of nitro groups is 1. The Morgan fingerprint density at radius 3 is 3.00 bits per heavy atom. The van der Waals surface area contributed by atoms with Crippen LogP contribution in [0.2, 0.25) is 0 Å². The summed E-state index contributed by atoms with van der Waals surface area (Å²) in [4.78, 5) is 13.3. The molecule has 1 N–H and O–H groups in total. The summed E-state index contributed by atoms with van der Waals surface area (Å²) in [5, 5.41) is 19.0. The van der Waals surface area contributed by atoms with Crippen molar-refractivity contribution in [3.05, 3.63) is 22.6 Å². The van der Waals surface area contributed by atoms with E-state index >= 15 is 0 Å². The molecular weight excluding hydrogens is 174 g/mol. The lowest BCUT2D eigenvalue weighted by atomic mass is 10.2. The molecule has 0 saturated heterocycles. The zero-order valence-corrected chi connectivity index (χ0v) is 7.25. The van der Waals surface area contributed by atoms with E-state index in [0.29, 0.717) is 6.54 Å². The van der Waals surface area contributed by atoms with E-state index in [-0.39, 0.29) is 18.3 Å². The van der Waals surface area contributed by atoms with E-state index in [1.807, 2.05) is 6.92 Å². The molecule has 0 aliphatic heterocycles. The molecule has 1 aromatic rings. The largest absolute Gasteiger partial charge is 0.396 e. The molecule has 0 bridgehead atoms. The second kappa shape index (κ2) is 3.99. The lowest BCUT2D eigenvalue weighted by Gasteiger charge is -2.05. The molecule has 72 valence electrons. The molecule has 0 fully saturated rings. The first-order chi connectivity index (χ1) is 6.13. The van der Waals surface area contributed by atoms with Crippen LogP contribution in [0.25, 0.3) is 0 Å². The summed E-state index contributed by atoms with van der Waals surface area (Å²) in [7, 11) is 0. The van der Waals surface area contributed by atoms with E-state index < -0.39 is 4.92 Å². The summed E-state index contributed by atoms with van der Waals surface area (Å²) in [6.07, 6.45) is 2.75. The monoisotopic (exact) mass is 185 g/mol. The van der Waals surface area contributed by atoms with E-state index in [4.69, 9.17) is 5.11 Å². The average molecular weight is 185 g/mol. The minimum atomic E-state index is -0.542. The summed E-state index contributed by atoms with van der Waals surface area (Å²) in [6, 6.07) is 0. The third-order valence-corrected chi connectivity index (χ3v) is 1.64. The van der Waals surface area contributed by atoms with Crippen LogP contribution in [-0.4, -0.2) is 26.2 Å². The normalized spacial score (nSPS) is 12.8. The van der Waals surface area contributed by atoms with Crippen LogP contribution in [0.1, 0.15) is 6.92 Å². The van der Waals surface area contributed by atoms with Gasteiger partial charge in [-0.25, -0.2) is 0 Å². The topological polar surface area (TPSA) is 81.2 Å². The molecule has 13 heavy (non-hydrogen) atoms. The van der Waals surface area contributed by atoms with Gasteiger partial charge in [0.05, 0.1) is 0 Å². The predicted octanol–water partition coefficient (Wildman–Crippen LogP) is 0.420. The van der Waals surface area contributed by atoms with E-state index in [2.05, 4.69) is 4.98 Å².